The van der Waals surface area contributed by atoms with E-state index in [1.165, 1.54) is 0 Å². The summed E-state index contributed by atoms with van der Waals surface area (Å²) in [7, 11) is 0. The van der Waals surface area contributed by atoms with Crippen molar-refractivity contribution in [3.8, 4) is 6.07 Å². The molecule has 68 valence electrons. The summed E-state index contributed by atoms with van der Waals surface area (Å²) in [6, 6.07) is 2.78. The molecule has 0 saturated carbocycles. The average molecular weight is 184 g/mol. The molecule has 4 nitrogen and oxygen atoms in total. The van der Waals surface area contributed by atoms with Gasteiger partial charge in [0.15, 0.2) is 0 Å². The first-order valence-corrected chi connectivity index (χ1v) is 3.30. The molecule has 0 radical (unpaired) electrons. The molecule has 0 spiro atoms. The lowest BCUT2D eigenvalue weighted by molar-refractivity contribution is 0.147. The van der Waals surface area contributed by atoms with Crippen LogP contribution in [0, 0.1) is 11.3 Å². The summed E-state index contributed by atoms with van der Waals surface area (Å²) < 4.78 is 24.3. The van der Waals surface area contributed by atoms with E-state index in [1.54, 1.807) is 6.07 Å². The number of alkyl halides is 2. The van der Waals surface area contributed by atoms with Crippen LogP contribution in [0.1, 0.15) is 17.7 Å². The van der Waals surface area contributed by atoms with Gasteiger partial charge in [0.2, 0.25) is 0 Å². The summed E-state index contributed by atoms with van der Waals surface area (Å²) in [5.41, 5.74) is 9.63. The van der Waals surface area contributed by atoms with Crippen molar-refractivity contribution in [2.45, 2.75) is 6.43 Å². The van der Waals surface area contributed by atoms with Crippen molar-refractivity contribution in [1.29, 1.82) is 5.26 Å². The van der Waals surface area contributed by atoms with Gasteiger partial charge in [0.1, 0.15) is 17.6 Å². The van der Waals surface area contributed by atoms with Gasteiger partial charge in [0, 0.05) is 0 Å². The lowest BCUT2D eigenvalue weighted by Crippen LogP contribution is -2.04. The first kappa shape index (κ1) is 9.19. The molecule has 1 heterocycles. The number of halogens is 2. The third-order valence-electron chi connectivity index (χ3n) is 1.44. The van der Waals surface area contributed by atoms with Crippen molar-refractivity contribution in [3.05, 3.63) is 17.3 Å². The number of nitrogens with two attached hydrogens (primary N) is 2. The van der Waals surface area contributed by atoms with E-state index in [0.717, 1.165) is 6.07 Å². The maximum absolute atomic E-state index is 12.2. The molecule has 1 rings (SSSR count). The molecule has 0 atom stereocenters. The first-order chi connectivity index (χ1) is 6.06. The summed E-state index contributed by atoms with van der Waals surface area (Å²) in [6.07, 6.45) is -2.78. The van der Waals surface area contributed by atoms with E-state index >= 15 is 0 Å². The predicted molar refractivity (Wildman–Crippen MR) is 42.7 cm³/mol. The molecular formula is C7H6F2N4. The minimum absolute atomic E-state index is 0.00176. The molecule has 0 fully saturated rings. The number of nitriles is 1. The van der Waals surface area contributed by atoms with Gasteiger partial charge in [-0.25, -0.2) is 13.8 Å². The highest BCUT2D eigenvalue weighted by atomic mass is 19.3. The number of rotatable bonds is 1. The van der Waals surface area contributed by atoms with Crippen molar-refractivity contribution in [3.63, 3.8) is 0 Å². The Hall–Kier alpha value is -1.90. The van der Waals surface area contributed by atoms with E-state index in [9.17, 15) is 8.78 Å². The highest BCUT2D eigenvalue weighted by molar-refractivity contribution is 5.58. The lowest BCUT2D eigenvalue weighted by atomic mass is 10.2. The van der Waals surface area contributed by atoms with Gasteiger partial charge in [0.05, 0.1) is 11.3 Å². The van der Waals surface area contributed by atoms with Crippen molar-refractivity contribution < 1.29 is 8.78 Å². The largest absolute Gasteiger partial charge is 0.397 e. The highest BCUT2D eigenvalue weighted by Crippen LogP contribution is 2.25. The van der Waals surface area contributed by atoms with Crippen LogP contribution < -0.4 is 11.5 Å². The standard InChI is InChI=1S/C7H6F2N4/c8-6(9)5-4(11)1-3(2-10)7(12)13-5/h1,6H,11H2,(H2,12,13). The molecule has 0 aliphatic carbocycles. The highest BCUT2D eigenvalue weighted by Gasteiger charge is 2.15. The summed E-state index contributed by atoms with van der Waals surface area (Å²) in [5.74, 6) is -0.230. The third kappa shape index (κ3) is 1.64. The molecule has 13 heavy (non-hydrogen) atoms. The third-order valence-corrected chi connectivity index (χ3v) is 1.44. The van der Waals surface area contributed by atoms with Gasteiger partial charge in [0.25, 0.3) is 6.43 Å². The van der Waals surface area contributed by atoms with Crippen LogP contribution in [0.5, 0.6) is 0 Å². The molecular weight excluding hydrogens is 178 g/mol. The number of hydrogen-bond acceptors (Lipinski definition) is 4. The molecule has 1 aromatic heterocycles. The van der Waals surface area contributed by atoms with E-state index in [4.69, 9.17) is 16.7 Å². The van der Waals surface area contributed by atoms with Crippen LogP contribution in [0.4, 0.5) is 20.3 Å². The van der Waals surface area contributed by atoms with Gasteiger partial charge in [-0.1, -0.05) is 0 Å². The van der Waals surface area contributed by atoms with Gasteiger partial charge in [-0.15, -0.1) is 0 Å². The monoisotopic (exact) mass is 184 g/mol. The molecule has 0 bridgehead atoms. The van der Waals surface area contributed by atoms with E-state index in [2.05, 4.69) is 4.98 Å². The summed E-state index contributed by atoms with van der Waals surface area (Å²) in [6.45, 7) is 0. The van der Waals surface area contributed by atoms with Crippen LogP contribution in [0.15, 0.2) is 6.07 Å². The maximum atomic E-state index is 12.2. The fourth-order valence-corrected chi connectivity index (χ4v) is 0.822. The Balaban J connectivity index is 3.31. The summed E-state index contributed by atoms with van der Waals surface area (Å²) in [4.78, 5) is 3.32. The fourth-order valence-electron chi connectivity index (χ4n) is 0.822. The SMILES string of the molecule is N#Cc1cc(N)c(C(F)F)nc1N. The molecule has 4 N–H and O–H groups in total. The quantitative estimate of drug-likeness (QED) is 0.682. The molecule has 0 saturated heterocycles. The Labute approximate surface area is 72.8 Å². The molecule has 0 amide bonds. The smallest absolute Gasteiger partial charge is 0.282 e. The number of nitrogen functional groups attached to an aromatic ring is 2. The molecule has 0 aliphatic heterocycles. The van der Waals surface area contributed by atoms with Crippen molar-refractivity contribution >= 4 is 11.5 Å². The van der Waals surface area contributed by atoms with Crippen molar-refractivity contribution in [2.75, 3.05) is 11.5 Å². The summed E-state index contributed by atoms with van der Waals surface area (Å²) >= 11 is 0. The molecule has 6 heteroatoms. The zero-order valence-corrected chi connectivity index (χ0v) is 6.46. The topological polar surface area (TPSA) is 88.7 Å². The molecule has 0 aliphatic rings. The number of anilines is 2. The second-order valence-electron chi connectivity index (χ2n) is 2.31. The van der Waals surface area contributed by atoms with E-state index in [0.29, 0.717) is 0 Å². The lowest BCUT2D eigenvalue weighted by Gasteiger charge is -2.05. The van der Waals surface area contributed by atoms with Crippen molar-refractivity contribution in [2.24, 2.45) is 0 Å². The van der Waals surface area contributed by atoms with Crippen LogP contribution >= 0.6 is 0 Å². The Kier molecular flexibility index (Phi) is 2.28. The normalized spacial score (nSPS) is 10.0. The Bertz CT molecular complexity index is 369. The number of aromatic nitrogens is 1. The van der Waals surface area contributed by atoms with Gasteiger partial charge < -0.3 is 11.5 Å². The number of nitrogens with zero attached hydrogens (tertiary/aromatic N) is 2. The Morgan fingerprint density at radius 1 is 1.46 bits per heavy atom. The number of pyridine rings is 1. The van der Waals surface area contributed by atoms with E-state index < -0.39 is 12.1 Å². The first-order valence-electron chi connectivity index (χ1n) is 3.30. The Morgan fingerprint density at radius 2 is 2.08 bits per heavy atom. The maximum Gasteiger partial charge on any atom is 0.282 e. The van der Waals surface area contributed by atoms with E-state index in [-0.39, 0.29) is 17.1 Å². The van der Waals surface area contributed by atoms with Crippen LogP contribution in [0.3, 0.4) is 0 Å². The molecule has 1 aromatic rings. The van der Waals surface area contributed by atoms with E-state index in [1.807, 2.05) is 0 Å². The average Bonchev–Trinajstić information content (AvgIpc) is 2.07. The minimum atomic E-state index is -2.78. The van der Waals surface area contributed by atoms with Gasteiger partial charge in [-0.2, -0.15) is 5.26 Å². The van der Waals surface area contributed by atoms with Crippen LogP contribution in [-0.2, 0) is 0 Å². The van der Waals surface area contributed by atoms with Crippen LogP contribution in [-0.4, -0.2) is 4.98 Å². The van der Waals surface area contributed by atoms with Crippen LogP contribution in [0.25, 0.3) is 0 Å². The second kappa shape index (κ2) is 3.23. The number of hydrogen-bond donors (Lipinski definition) is 2. The predicted octanol–water partition coefficient (Wildman–Crippen LogP) is 1.06. The molecule has 0 aromatic carbocycles. The van der Waals surface area contributed by atoms with Gasteiger partial charge in [-0.3, -0.25) is 0 Å². The van der Waals surface area contributed by atoms with Crippen molar-refractivity contribution in [1.82, 2.24) is 4.98 Å². The minimum Gasteiger partial charge on any atom is -0.397 e. The summed E-state index contributed by atoms with van der Waals surface area (Å²) in [5, 5.41) is 8.46. The van der Waals surface area contributed by atoms with Crippen LogP contribution in [0.2, 0.25) is 0 Å². The van der Waals surface area contributed by atoms with Gasteiger partial charge in [-0.05, 0) is 6.07 Å². The second-order valence-corrected chi connectivity index (χ2v) is 2.31. The Morgan fingerprint density at radius 3 is 2.54 bits per heavy atom. The zero-order chi connectivity index (χ0) is 10.0. The zero-order valence-electron chi connectivity index (χ0n) is 6.46. The fraction of sp³-hybridized carbons (Fsp3) is 0.143. The van der Waals surface area contributed by atoms with Gasteiger partial charge >= 0.3 is 0 Å². The molecule has 0 unspecified atom stereocenters.